The van der Waals surface area contributed by atoms with Crippen LogP contribution in [0.2, 0.25) is 0 Å². The molecule has 6 nitrogen and oxygen atoms in total. The summed E-state index contributed by atoms with van der Waals surface area (Å²) in [5.74, 6) is 0.792. The molecule has 0 saturated carbocycles. The van der Waals surface area contributed by atoms with Gasteiger partial charge in [-0.15, -0.1) is 11.3 Å². The van der Waals surface area contributed by atoms with E-state index >= 15 is 0 Å². The van der Waals surface area contributed by atoms with Crippen LogP contribution >= 0.6 is 27.3 Å². The number of nitrogens with one attached hydrogen (secondary N) is 1. The van der Waals surface area contributed by atoms with Crippen molar-refractivity contribution in [3.63, 3.8) is 0 Å². The molecular formula is C20H18BrN5OS. The quantitative estimate of drug-likeness (QED) is 0.445. The van der Waals surface area contributed by atoms with Gasteiger partial charge in [0.25, 0.3) is 0 Å². The number of anilines is 2. The van der Waals surface area contributed by atoms with Gasteiger partial charge in [-0.1, -0.05) is 28.1 Å². The zero-order chi connectivity index (χ0) is 18.9. The van der Waals surface area contributed by atoms with Gasteiger partial charge in [-0.2, -0.15) is 5.10 Å². The van der Waals surface area contributed by atoms with Gasteiger partial charge in [-0.05, 0) is 30.5 Å². The number of thiophene rings is 1. The number of benzene rings is 1. The van der Waals surface area contributed by atoms with Crippen molar-refractivity contribution >= 4 is 49.0 Å². The smallest absolute Gasteiger partial charge is 0.143 e. The number of rotatable bonds is 5. The molecule has 1 aromatic carbocycles. The van der Waals surface area contributed by atoms with Crippen LogP contribution in [0.4, 0.5) is 11.5 Å². The molecule has 1 saturated heterocycles. The van der Waals surface area contributed by atoms with Crippen LogP contribution in [0.3, 0.4) is 0 Å². The fourth-order valence-electron chi connectivity index (χ4n) is 3.47. The van der Waals surface area contributed by atoms with Crippen LogP contribution in [-0.4, -0.2) is 32.5 Å². The Kier molecular flexibility index (Phi) is 4.84. The number of ether oxygens (including phenoxy) is 1. The van der Waals surface area contributed by atoms with Crippen molar-refractivity contribution in [2.45, 2.75) is 25.5 Å². The van der Waals surface area contributed by atoms with E-state index in [0.29, 0.717) is 0 Å². The molecule has 1 aliphatic heterocycles. The normalized spacial score (nSPS) is 16.7. The van der Waals surface area contributed by atoms with E-state index in [9.17, 15) is 0 Å². The monoisotopic (exact) mass is 455 g/mol. The first-order valence-electron chi connectivity index (χ1n) is 9.15. The summed E-state index contributed by atoms with van der Waals surface area (Å²) in [6, 6.07) is 8.29. The van der Waals surface area contributed by atoms with Crippen molar-refractivity contribution < 1.29 is 4.74 Å². The van der Waals surface area contributed by atoms with Gasteiger partial charge in [0.1, 0.15) is 17.0 Å². The Balaban J connectivity index is 1.45. The predicted octanol–water partition coefficient (Wildman–Crippen LogP) is 5.24. The van der Waals surface area contributed by atoms with E-state index in [0.717, 1.165) is 63.3 Å². The summed E-state index contributed by atoms with van der Waals surface area (Å²) in [6.07, 6.45) is 7.92. The number of halogens is 1. The third-order valence-corrected chi connectivity index (χ3v) is 6.25. The topological polar surface area (TPSA) is 64.9 Å². The molecular weight excluding hydrogens is 438 g/mol. The van der Waals surface area contributed by atoms with E-state index in [-0.39, 0.29) is 6.10 Å². The summed E-state index contributed by atoms with van der Waals surface area (Å²) in [6.45, 7) is 1.64. The number of hydrogen-bond donors (Lipinski definition) is 1. The highest BCUT2D eigenvalue weighted by Crippen LogP contribution is 2.37. The van der Waals surface area contributed by atoms with Gasteiger partial charge in [-0.25, -0.2) is 9.97 Å². The molecule has 8 heteroatoms. The summed E-state index contributed by atoms with van der Waals surface area (Å²) in [4.78, 5) is 9.91. The van der Waals surface area contributed by atoms with Crippen molar-refractivity contribution in [2.75, 3.05) is 11.9 Å². The maximum absolute atomic E-state index is 5.70. The lowest BCUT2D eigenvalue weighted by Crippen LogP contribution is -2.15. The van der Waals surface area contributed by atoms with Crippen LogP contribution in [-0.2, 0) is 11.3 Å². The maximum atomic E-state index is 5.70. The standard InChI is InChI=1S/C20H18BrN5OS/c21-14-5-3-13(4-6-14)17-11-28-20-18(17)19(22-12-23-20)25-15-8-24-26(9-15)10-16-2-1-7-27-16/h3-6,8-9,11-12,16H,1-2,7,10H2,(H,22,23,25)/t16-/m1/s1. The first-order valence-corrected chi connectivity index (χ1v) is 10.8. The average molecular weight is 456 g/mol. The Morgan fingerprint density at radius 2 is 2.14 bits per heavy atom. The Labute approximate surface area is 174 Å². The summed E-state index contributed by atoms with van der Waals surface area (Å²) >= 11 is 5.12. The fourth-order valence-corrected chi connectivity index (χ4v) is 4.65. The summed E-state index contributed by atoms with van der Waals surface area (Å²) < 4.78 is 8.69. The van der Waals surface area contributed by atoms with Crippen LogP contribution in [0.1, 0.15) is 12.8 Å². The van der Waals surface area contributed by atoms with E-state index < -0.39 is 0 Å². The largest absolute Gasteiger partial charge is 0.376 e. The van der Waals surface area contributed by atoms with Gasteiger partial charge < -0.3 is 10.1 Å². The lowest BCUT2D eigenvalue weighted by Gasteiger charge is -2.09. The second-order valence-electron chi connectivity index (χ2n) is 6.77. The minimum absolute atomic E-state index is 0.263. The predicted molar refractivity (Wildman–Crippen MR) is 115 cm³/mol. The number of nitrogens with zero attached hydrogens (tertiary/aromatic N) is 4. The molecule has 1 N–H and O–H groups in total. The van der Waals surface area contributed by atoms with Gasteiger partial charge in [-0.3, -0.25) is 4.68 Å². The second-order valence-corrected chi connectivity index (χ2v) is 8.54. The number of fused-ring (bicyclic) bond motifs is 1. The van der Waals surface area contributed by atoms with E-state index in [4.69, 9.17) is 4.74 Å². The Morgan fingerprint density at radius 3 is 2.96 bits per heavy atom. The Hall–Kier alpha value is -2.29. The molecule has 0 unspecified atom stereocenters. The SMILES string of the molecule is Brc1ccc(-c2csc3ncnc(Nc4cnn(C[C@H]5CCCO5)c4)c23)cc1. The van der Waals surface area contributed by atoms with E-state index in [2.05, 4.69) is 53.8 Å². The molecule has 142 valence electrons. The van der Waals surface area contributed by atoms with E-state index in [1.807, 2.05) is 29.2 Å². The maximum Gasteiger partial charge on any atom is 0.143 e. The van der Waals surface area contributed by atoms with Crippen LogP contribution < -0.4 is 5.32 Å². The molecule has 4 aromatic rings. The van der Waals surface area contributed by atoms with Crippen molar-refractivity contribution in [3.05, 3.63) is 52.8 Å². The average Bonchev–Trinajstić information content (AvgIpc) is 3.45. The third-order valence-electron chi connectivity index (χ3n) is 4.84. The second kappa shape index (κ2) is 7.62. The zero-order valence-corrected chi connectivity index (χ0v) is 17.4. The highest BCUT2D eigenvalue weighted by Gasteiger charge is 2.17. The minimum atomic E-state index is 0.263. The Morgan fingerprint density at radius 1 is 1.25 bits per heavy atom. The first-order chi connectivity index (χ1) is 13.8. The minimum Gasteiger partial charge on any atom is -0.376 e. The Bertz CT molecular complexity index is 1100. The van der Waals surface area contributed by atoms with Crippen LogP contribution in [0.5, 0.6) is 0 Å². The van der Waals surface area contributed by atoms with Crippen molar-refractivity contribution in [2.24, 2.45) is 0 Å². The summed E-state index contributed by atoms with van der Waals surface area (Å²) in [5, 5.41) is 11.0. The van der Waals surface area contributed by atoms with Gasteiger partial charge in [0.2, 0.25) is 0 Å². The van der Waals surface area contributed by atoms with Gasteiger partial charge in [0, 0.05) is 28.2 Å². The molecule has 5 rings (SSSR count). The molecule has 1 atom stereocenters. The number of aromatic nitrogens is 4. The molecule has 0 amide bonds. The third kappa shape index (κ3) is 3.55. The van der Waals surface area contributed by atoms with Gasteiger partial charge in [0.15, 0.2) is 0 Å². The molecule has 0 spiro atoms. The molecule has 3 aromatic heterocycles. The number of hydrogen-bond acceptors (Lipinski definition) is 6. The summed E-state index contributed by atoms with van der Waals surface area (Å²) in [7, 11) is 0. The van der Waals surface area contributed by atoms with Crippen molar-refractivity contribution in [3.8, 4) is 11.1 Å². The van der Waals surface area contributed by atoms with E-state index in [1.165, 1.54) is 0 Å². The van der Waals surface area contributed by atoms with Crippen molar-refractivity contribution in [1.29, 1.82) is 0 Å². The molecule has 4 heterocycles. The lowest BCUT2D eigenvalue weighted by molar-refractivity contribution is 0.0940. The van der Waals surface area contributed by atoms with Crippen LogP contribution in [0.25, 0.3) is 21.3 Å². The molecule has 0 aliphatic carbocycles. The van der Waals surface area contributed by atoms with Crippen molar-refractivity contribution in [1.82, 2.24) is 19.7 Å². The summed E-state index contributed by atoms with van der Waals surface area (Å²) in [5.41, 5.74) is 3.18. The zero-order valence-electron chi connectivity index (χ0n) is 15.0. The molecule has 28 heavy (non-hydrogen) atoms. The highest BCUT2D eigenvalue weighted by atomic mass is 79.9. The van der Waals surface area contributed by atoms with E-state index in [1.54, 1.807) is 17.7 Å². The lowest BCUT2D eigenvalue weighted by atomic mass is 10.1. The molecule has 0 radical (unpaired) electrons. The fraction of sp³-hybridized carbons (Fsp3) is 0.250. The molecule has 0 bridgehead atoms. The highest BCUT2D eigenvalue weighted by molar-refractivity contribution is 9.10. The first kappa shape index (κ1) is 17.8. The van der Waals surface area contributed by atoms with Gasteiger partial charge in [0.05, 0.1) is 29.9 Å². The van der Waals surface area contributed by atoms with Crippen LogP contribution in [0, 0.1) is 0 Å². The molecule has 1 fully saturated rings. The molecule has 1 aliphatic rings. The van der Waals surface area contributed by atoms with Crippen LogP contribution in [0.15, 0.2) is 52.8 Å². The van der Waals surface area contributed by atoms with Gasteiger partial charge >= 0.3 is 0 Å².